The van der Waals surface area contributed by atoms with Gasteiger partial charge < -0.3 is 14.6 Å². The third-order valence-corrected chi connectivity index (χ3v) is 6.05. The number of aryl methyl sites for hydroxylation is 1. The molecule has 0 fully saturated rings. The van der Waals surface area contributed by atoms with Gasteiger partial charge >= 0.3 is 0 Å². The van der Waals surface area contributed by atoms with Gasteiger partial charge in [-0.25, -0.2) is 0 Å². The summed E-state index contributed by atoms with van der Waals surface area (Å²) < 4.78 is 41.2. The number of rotatable bonds is 10. The summed E-state index contributed by atoms with van der Waals surface area (Å²) >= 11 is 12.0. The fourth-order valence-corrected chi connectivity index (χ4v) is 3.75. The number of aliphatic hydroxyl groups excluding tert-OH is 1. The Kier molecular flexibility index (Phi) is 11.8. The van der Waals surface area contributed by atoms with E-state index >= 15 is 0 Å². The van der Waals surface area contributed by atoms with Gasteiger partial charge in [-0.05, 0) is 55.7 Å². The summed E-state index contributed by atoms with van der Waals surface area (Å²) in [6, 6.07) is 21.1. The smallest absolute Gasteiger partial charge is 0.294 e. The minimum atomic E-state index is -4.02. The molecule has 0 aromatic heterocycles. The molecule has 0 aliphatic rings. The third-order valence-electron chi connectivity index (χ3n) is 4.65. The zero-order valence-electron chi connectivity index (χ0n) is 18.7. The van der Waals surface area contributed by atoms with E-state index in [0.29, 0.717) is 41.9 Å². The monoisotopic (exact) mass is 526 g/mol. The fourth-order valence-electron chi connectivity index (χ4n) is 2.81. The second-order valence-corrected chi connectivity index (χ2v) is 9.72. The van der Waals surface area contributed by atoms with Crippen LogP contribution in [0.25, 0.3) is 0 Å². The molecular weight excluding hydrogens is 499 g/mol. The van der Waals surface area contributed by atoms with Crippen LogP contribution in [0.2, 0.25) is 10.0 Å². The summed E-state index contributed by atoms with van der Waals surface area (Å²) in [6.45, 7) is 2.85. The van der Waals surface area contributed by atoms with Crippen LogP contribution >= 0.6 is 23.2 Å². The Morgan fingerprint density at radius 1 is 0.971 bits per heavy atom. The first-order valence-corrected chi connectivity index (χ1v) is 12.8. The van der Waals surface area contributed by atoms with Gasteiger partial charge in [-0.2, -0.15) is 8.42 Å². The predicted molar refractivity (Wildman–Crippen MR) is 134 cm³/mol. The molecule has 0 radical (unpaired) electrons. The van der Waals surface area contributed by atoms with Crippen molar-refractivity contribution >= 4 is 33.3 Å². The van der Waals surface area contributed by atoms with E-state index < -0.39 is 10.1 Å². The van der Waals surface area contributed by atoms with Crippen molar-refractivity contribution in [3.8, 4) is 5.75 Å². The summed E-state index contributed by atoms with van der Waals surface area (Å²) in [6.07, 6.45) is 1.26. The molecule has 2 N–H and O–H groups in total. The van der Waals surface area contributed by atoms with E-state index in [9.17, 15) is 8.42 Å². The SMILES string of the molecule is Cc1ccc(S(=O)(=O)O)cc1.OCCCC(COc1ccc(Cl)cc1Cl)OCc1ccccc1. The molecule has 34 heavy (non-hydrogen) atoms. The molecular formula is C25H28Cl2O6S. The van der Waals surface area contributed by atoms with Crippen molar-refractivity contribution in [2.75, 3.05) is 13.2 Å². The molecule has 9 heteroatoms. The van der Waals surface area contributed by atoms with Crippen LogP contribution in [-0.4, -0.2) is 37.4 Å². The van der Waals surface area contributed by atoms with Gasteiger partial charge in [0.1, 0.15) is 12.4 Å². The maximum atomic E-state index is 10.5. The summed E-state index contributed by atoms with van der Waals surface area (Å²) in [4.78, 5) is -0.0666. The molecule has 6 nitrogen and oxygen atoms in total. The zero-order chi connectivity index (χ0) is 25.0. The maximum absolute atomic E-state index is 10.5. The van der Waals surface area contributed by atoms with Crippen molar-refractivity contribution in [2.45, 2.75) is 37.4 Å². The number of benzene rings is 3. The van der Waals surface area contributed by atoms with Crippen LogP contribution in [0.3, 0.4) is 0 Å². The van der Waals surface area contributed by atoms with Crippen molar-refractivity contribution in [3.63, 3.8) is 0 Å². The van der Waals surface area contributed by atoms with Crippen LogP contribution in [0.15, 0.2) is 77.7 Å². The van der Waals surface area contributed by atoms with E-state index in [-0.39, 0.29) is 17.6 Å². The van der Waals surface area contributed by atoms with Crippen LogP contribution in [-0.2, 0) is 21.5 Å². The van der Waals surface area contributed by atoms with Crippen LogP contribution in [0.5, 0.6) is 5.75 Å². The first-order valence-electron chi connectivity index (χ1n) is 10.6. The van der Waals surface area contributed by atoms with Crippen LogP contribution in [0.1, 0.15) is 24.0 Å². The molecule has 0 aliphatic carbocycles. The number of ether oxygens (including phenoxy) is 2. The van der Waals surface area contributed by atoms with Gasteiger partial charge in [-0.1, -0.05) is 71.2 Å². The second-order valence-electron chi connectivity index (χ2n) is 7.46. The Morgan fingerprint density at radius 2 is 1.65 bits per heavy atom. The second kappa shape index (κ2) is 14.3. The minimum absolute atomic E-state index is 0.0666. The molecule has 3 aromatic carbocycles. The Balaban J connectivity index is 0.000000310. The molecule has 3 rings (SSSR count). The molecule has 1 unspecified atom stereocenters. The van der Waals surface area contributed by atoms with Crippen LogP contribution in [0.4, 0.5) is 0 Å². The average molecular weight is 527 g/mol. The van der Waals surface area contributed by atoms with E-state index in [4.69, 9.17) is 42.3 Å². The number of hydrogen-bond donors (Lipinski definition) is 2. The topological polar surface area (TPSA) is 93.1 Å². The highest BCUT2D eigenvalue weighted by Crippen LogP contribution is 2.28. The van der Waals surface area contributed by atoms with Crippen molar-refractivity contribution in [1.29, 1.82) is 0 Å². The average Bonchev–Trinajstić information content (AvgIpc) is 2.80. The Labute approximate surface area is 210 Å². The van der Waals surface area contributed by atoms with Crippen molar-refractivity contribution in [3.05, 3.63) is 94.0 Å². The number of hydrogen-bond acceptors (Lipinski definition) is 5. The van der Waals surface area contributed by atoms with E-state index in [0.717, 1.165) is 11.1 Å². The lowest BCUT2D eigenvalue weighted by Crippen LogP contribution is -2.22. The molecule has 3 aromatic rings. The molecule has 184 valence electrons. The van der Waals surface area contributed by atoms with Crippen molar-refractivity contribution in [1.82, 2.24) is 0 Å². The highest BCUT2D eigenvalue weighted by Gasteiger charge is 2.12. The first-order chi connectivity index (χ1) is 16.2. The Hall–Kier alpha value is -2.13. The lowest BCUT2D eigenvalue weighted by Gasteiger charge is -2.19. The normalized spacial score (nSPS) is 11.9. The molecule has 0 saturated carbocycles. The van der Waals surface area contributed by atoms with E-state index in [1.807, 2.05) is 37.3 Å². The Morgan fingerprint density at radius 3 is 2.24 bits per heavy atom. The predicted octanol–water partition coefficient (Wildman–Crippen LogP) is 5.97. The van der Waals surface area contributed by atoms with E-state index in [1.54, 1.807) is 30.3 Å². The highest BCUT2D eigenvalue weighted by molar-refractivity contribution is 7.85. The number of halogens is 2. The fraction of sp³-hybridized carbons (Fsp3) is 0.280. The van der Waals surface area contributed by atoms with E-state index in [1.165, 1.54) is 12.1 Å². The van der Waals surface area contributed by atoms with Crippen molar-refractivity contribution < 1.29 is 27.6 Å². The van der Waals surface area contributed by atoms with E-state index in [2.05, 4.69) is 0 Å². The summed E-state index contributed by atoms with van der Waals surface area (Å²) in [7, 11) is -4.02. The van der Waals surface area contributed by atoms with Gasteiger partial charge in [0, 0.05) is 11.6 Å². The molecule has 0 spiro atoms. The molecule has 0 bridgehead atoms. The molecule has 1 atom stereocenters. The molecule has 0 heterocycles. The highest BCUT2D eigenvalue weighted by atomic mass is 35.5. The lowest BCUT2D eigenvalue weighted by molar-refractivity contribution is 0.00126. The summed E-state index contributed by atoms with van der Waals surface area (Å²) in [5, 5.41) is 10.1. The summed E-state index contributed by atoms with van der Waals surface area (Å²) in [5.41, 5.74) is 2.06. The first kappa shape index (κ1) is 28.1. The molecule has 0 saturated heterocycles. The van der Waals surface area contributed by atoms with Gasteiger partial charge in [0.15, 0.2) is 0 Å². The quantitative estimate of drug-likeness (QED) is 0.316. The van der Waals surface area contributed by atoms with Crippen LogP contribution in [0, 0.1) is 6.92 Å². The molecule has 0 amide bonds. The van der Waals surface area contributed by atoms with Gasteiger partial charge in [0.25, 0.3) is 10.1 Å². The van der Waals surface area contributed by atoms with Gasteiger partial charge in [-0.15, -0.1) is 0 Å². The van der Waals surface area contributed by atoms with Crippen LogP contribution < -0.4 is 4.74 Å². The largest absolute Gasteiger partial charge is 0.489 e. The van der Waals surface area contributed by atoms with Gasteiger partial charge in [0.05, 0.1) is 22.6 Å². The van der Waals surface area contributed by atoms with Gasteiger partial charge in [0.2, 0.25) is 0 Å². The number of aliphatic hydroxyl groups is 1. The maximum Gasteiger partial charge on any atom is 0.294 e. The molecule has 0 aliphatic heterocycles. The summed E-state index contributed by atoms with van der Waals surface area (Å²) in [5.74, 6) is 0.577. The van der Waals surface area contributed by atoms with Gasteiger partial charge in [-0.3, -0.25) is 4.55 Å². The Bertz CT molecular complexity index is 1110. The minimum Gasteiger partial charge on any atom is -0.489 e. The standard InChI is InChI=1S/C18H20Cl2O3.C7H8O3S/c19-15-8-9-18(17(20)11-15)23-13-16(7-4-10-21)22-12-14-5-2-1-3-6-14;1-6-2-4-7(5-3-6)11(8,9)10/h1-3,5-6,8-9,11,16,21H,4,7,10,12-13H2;2-5H,1H3,(H,8,9,10). The van der Waals surface area contributed by atoms with Crippen molar-refractivity contribution in [2.24, 2.45) is 0 Å². The lowest BCUT2D eigenvalue weighted by atomic mass is 10.2. The zero-order valence-corrected chi connectivity index (χ0v) is 21.1. The third kappa shape index (κ3) is 10.4.